The number of methoxy groups -OCH3 is 2. The second kappa shape index (κ2) is 36.8. The summed E-state index contributed by atoms with van der Waals surface area (Å²) < 4.78 is 17.7. The van der Waals surface area contributed by atoms with E-state index in [9.17, 15) is 53.1 Å². The molecule has 10 N–H and O–H groups in total. The van der Waals surface area contributed by atoms with E-state index in [1.807, 2.05) is 32.0 Å². The average molecular weight is 1240 g/mol. The Balaban J connectivity index is 1.71. The van der Waals surface area contributed by atoms with Crippen molar-refractivity contribution in [3.63, 3.8) is 0 Å². The van der Waals surface area contributed by atoms with Crippen LogP contribution in [0.2, 0.25) is 0 Å². The summed E-state index contributed by atoms with van der Waals surface area (Å²) in [5, 5.41) is 36.3. The normalized spacial score (nSPS) is 16.9. The lowest BCUT2D eigenvalue weighted by molar-refractivity contribution is -0.148. The van der Waals surface area contributed by atoms with Crippen LogP contribution < -0.4 is 37.6 Å². The van der Waals surface area contributed by atoms with Crippen molar-refractivity contribution in [3.05, 3.63) is 65.7 Å². The third kappa shape index (κ3) is 22.6. The Hall–Kier alpha value is -7.38. The Morgan fingerprint density at radius 1 is 0.727 bits per heavy atom. The number of nitrogens with zero attached hydrogens (tertiary/aromatic N) is 3. The first-order chi connectivity index (χ1) is 41.5. The molecule has 492 valence electrons. The van der Waals surface area contributed by atoms with Crippen molar-refractivity contribution >= 4 is 65.1 Å². The van der Waals surface area contributed by atoms with E-state index in [4.69, 9.17) is 25.1 Å². The minimum absolute atomic E-state index is 0.0713. The van der Waals surface area contributed by atoms with Crippen LogP contribution in [-0.2, 0) is 59.2 Å². The maximum Gasteiger partial charge on any atom is 0.410 e. The average Bonchev–Trinajstić information content (AvgIpc) is 4.06. The van der Waals surface area contributed by atoms with Crippen LogP contribution in [0.4, 0.5) is 15.3 Å². The van der Waals surface area contributed by atoms with Crippen LogP contribution in [-0.4, -0.2) is 180 Å². The number of nitrogens with two attached hydrogens (primary N) is 1. The van der Waals surface area contributed by atoms with Crippen LogP contribution in [0.3, 0.4) is 0 Å². The van der Waals surface area contributed by atoms with Gasteiger partial charge in [0.1, 0.15) is 30.8 Å². The molecule has 0 saturated carbocycles. The van der Waals surface area contributed by atoms with Crippen molar-refractivity contribution in [2.45, 2.75) is 194 Å². The summed E-state index contributed by atoms with van der Waals surface area (Å²) in [6.45, 7) is 18.2. The van der Waals surface area contributed by atoms with Crippen molar-refractivity contribution in [1.29, 1.82) is 0 Å². The monoisotopic (exact) mass is 1240 g/mol. The summed E-state index contributed by atoms with van der Waals surface area (Å²) >= 11 is 0. The molecule has 0 aromatic heterocycles. The molecule has 12 atom stereocenters. The van der Waals surface area contributed by atoms with E-state index in [0.29, 0.717) is 42.6 Å². The van der Waals surface area contributed by atoms with Gasteiger partial charge in [-0.3, -0.25) is 43.3 Å². The zero-order chi connectivity index (χ0) is 66.1. The Morgan fingerprint density at radius 2 is 1.36 bits per heavy atom. The number of ether oxygens (including phenoxy) is 3. The first-order valence-corrected chi connectivity index (χ1v) is 30.6. The fraction of sp³-hybridized carbons (Fsp3) is 0.651. The number of likely N-dealkylation sites (tertiary alicyclic amines) is 1. The van der Waals surface area contributed by atoms with E-state index in [-0.39, 0.29) is 69.4 Å². The zero-order valence-corrected chi connectivity index (χ0v) is 54.0. The van der Waals surface area contributed by atoms with Crippen molar-refractivity contribution < 1.29 is 72.4 Å². The summed E-state index contributed by atoms with van der Waals surface area (Å²) in [4.78, 5) is 137. The topological polar surface area (TPSA) is 347 Å². The maximum absolute atomic E-state index is 14.8. The highest BCUT2D eigenvalue weighted by Crippen LogP contribution is 2.30. The molecule has 0 spiro atoms. The Labute approximate surface area is 519 Å². The minimum Gasteiger partial charge on any atom is -0.481 e. The molecular weight excluding hydrogens is 1140 g/mol. The van der Waals surface area contributed by atoms with Gasteiger partial charge in [-0.2, -0.15) is 0 Å². The number of carbonyl (C=O) groups is 10. The predicted molar refractivity (Wildman–Crippen MR) is 331 cm³/mol. The number of aliphatic carboxylic acids is 1. The first-order valence-electron chi connectivity index (χ1n) is 30.6. The molecule has 1 aliphatic heterocycles. The first kappa shape index (κ1) is 74.9. The number of amides is 10. The number of anilines is 1. The summed E-state index contributed by atoms with van der Waals surface area (Å²) in [7, 11) is 6.07. The molecule has 3 rings (SSSR count). The van der Waals surface area contributed by atoms with E-state index in [1.165, 1.54) is 26.2 Å². The summed E-state index contributed by atoms with van der Waals surface area (Å²) in [5.41, 5.74) is 6.71. The SMILES string of the molecule is CC[C@H](C)[C@@H]([C@@H](CC(=O)N1CCC[C@H]1[C@H](OC)[C@@H](C)C(=O)N[C@H](C)[C@@H](O)c1ccccc1)OC)N(C)C(=O)[C@@H](NC(=O)[C@H](C(C)C)N(C)C(=O)OCc1ccc(NC(=O)[C@H](CCCNC(N)=O)NC(=O)[C@@H](NC(=O)CCCC(=O)O)C(C)C)cc1)C(C)C. The van der Waals surface area contributed by atoms with Crippen LogP contribution in [0.1, 0.15) is 144 Å². The Bertz CT molecular complexity index is 2610. The second-order valence-electron chi connectivity index (χ2n) is 24.0. The highest BCUT2D eigenvalue weighted by Gasteiger charge is 2.44. The molecule has 0 aliphatic carbocycles. The zero-order valence-electron chi connectivity index (χ0n) is 54.0. The molecular formula is C63H100N10O15. The van der Waals surface area contributed by atoms with Gasteiger partial charge in [-0.05, 0) is 86.0 Å². The molecule has 1 saturated heterocycles. The number of hydrogen-bond donors (Lipinski definition) is 9. The number of nitrogens with one attached hydrogen (secondary N) is 6. The van der Waals surface area contributed by atoms with Crippen LogP contribution in [0, 0.1) is 29.6 Å². The number of rotatable bonds is 36. The number of hydrogen-bond acceptors (Lipinski definition) is 14. The molecule has 88 heavy (non-hydrogen) atoms. The number of carboxylic acids is 1. The highest BCUT2D eigenvalue weighted by molar-refractivity contribution is 5.98. The quantitative estimate of drug-likeness (QED) is 0.0412. The van der Waals surface area contributed by atoms with E-state index < -0.39 is 132 Å². The third-order valence-corrected chi connectivity index (χ3v) is 16.3. The number of likely N-dealkylation sites (N-methyl/N-ethyl adjacent to an activating group) is 2. The Morgan fingerprint density at radius 3 is 1.92 bits per heavy atom. The van der Waals surface area contributed by atoms with Crippen LogP contribution in [0.5, 0.6) is 0 Å². The second-order valence-corrected chi connectivity index (χ2v) is 24.0. The van der Waals surface area contributed by atoms with Crippen molar-refractivity contribution in [3.8, 4) is 0 Å². The number of benzene rings is 2. The van der Waals surface area contributed by atoms with Gasteiger partial charge in [-0.25, -0.2) is 9.59 Å². The van der Waals surface area contributed by atoms with Gasteiger partial charge in [0.15, 0.2) is 0 Å². The standard InChI is InChI=1S/C63H100N10O15/c1-15-39(8)54(47(86-13)34-49(75)73-33-21-25-46(73)56(87-14)40(9)57(79)66-41(10)55(78)43-22-17-16-18-23-43)71(11)61(83)52(37(4)5)70-60(82)53(38(6)7)72(12)63(85)88-35-42-28-30-44(31-29-42)67-58(80)45(24-20-32-65-62(64)84)68-59(81)51(36(2)3)69-48(74)26-19-27-50(76)77/h16-18,22-23,28-31,36-41,45-47,51-56,78H,15,19-21,24-27,32-35H2,1-14H3,(H,66,79)(H,67,80)(H,68,81)(H,69,74)(H,70,82)(H,76,77)(H3,64,65,84)/t39-,40+,41+,45-,46-,47+,51-,52-,53-,54-,55+,56+/m0/s1. The molecule has 2 aromatic rings. The van der Waals surface area contributed by atoms with Crippen molar-refractivity contribution in [2.75, 3.05) is 46.7 Å². The molecule has 1 aliphatic rings. The van der Waals surface area contributed by atoms with E-state index >= 15 is 0 Å². The lowest BCUT2D eigenvalue weighted by Crippen LogP contribution is -2.60. The molecule has 25 nitrogen and oxygen atoms in total. The fourth-order valence-electron chi connectivity index (χ4n) is 11.1. The van der Waals surface area contributed by atoms with Gasteiger partial charge in [-0.1, -0.05) is 111 Å². The smallest absolute Gasteiger partial charge is 0.410 e. The number of aliphatic hydroxyl groups is 1. The lowest BCUT2D eigenvalue weighted by atomic mass is 9.89. The van der Waals surface area contributed by atoms with Crippen molar-refractivity contribution in [2.24, 2.45) is 35.3 Å². The van der Waals surface area contributed by atoms with Gasteiger partial charge in [0.2, 0.25) is 41.4 Å². The van der Waals surface area contributed by atoms with Gasteiger partial charge in [0.25, 0.3) is 0 Å². The molecule has 0 radical (unpaired) electrons. The predicted octanol–water partition coefficient (Wildman–Crippen LogP) is 4.85. The molecule has 0 unspecified atom stereocenters. The van der Waals surface area contributed by atoms with Crippen LogP contribution >= 0.6 is 0 Å². The minimum atomic E-state index is -1.13. The maximum atomic E-state index is 14.8. The summed E-state index contributed by atoms with van der Waals surface area (Å²) in [6, 6.07) is 8.63. The van der Waals surface area contributed by atoms with Gasteiger partial charge >= 0.3 is 18.1 Å². The molecule has 0 bridgehead atoms. The van der Waals surface area contributed by atoms with Gasteiger partial charge < -0.3 is 71.9 Å². The number of carbonyl (C=O) groups excluding carboxylic acids is 9. The molecule has 10 amide bonds. The Kier molecular flexibility index (Phi) is 31.3. The molecule has 1 fully saturated rings. The van der Waals surface area contributed by atoms with Crippen molar-refractivity contribution in [1.82, 2.24) is 41.3 Å². The number of aliphatic hydroxyl groups excluding tert-OH is 1. The molecule has 25 heteroatoms. The van der Waals surface area contributed by atoms with Gasteiger partial charge in [0, 0.05) is 59.9 Å². The number of primary amides is 1. The molecule has 1 heterocycles. The van der Waals surface area contributed by atoms with Gasteiger partial charge in [-0.15, -0.1) is 0 Å². The fourth-order valence-corrected chi connectivity index (χ4v) is 11.1. The van der Waals surface area contributed by atoms with E-state index in [0.717, 1.165) is 0 Å². The van der Waals surface area contributed by atoms with Crippen LogP contribution in [0.15, 0.2) is 54.6 Å². The number of carboxylic acid groups (broad SMARTS) is 1. The van der Waals surface area contributed by atoms with Gasteiger partial charge in [0.05, 0.1) is 48.8 Å². The largest absolute Gasteiger partial charge is 0.481 e. The third-order valence-electron chi connectivity index (χ3n) is 16.3. The number of urea groups is 1. The van der Waals surface area contributed by atoms with E-state index in [2.05, 4.69) is 31.9 Å². The summed E-state index contributed by atoms with van der Waals surface area (Å²) in [5.74, 6) is -6.55. The van der Waals surface area contributed by atoms with Crippen LogP contribution in [0.25, 0.3) is 0 Å². The summed E-state index contributed by atoms with van der Waals surface area (Å²) in [6.07, 6.45) is -1.36. The van der Waals surface area contributed by atoms with E-state index in [1.54, 1.807) is 109 Å². The molecule has 2 aromatic carbocycles. The lowest BCUT2D eigenvalue weighted by Gasteiger charge is -2.41. The highest BCUT2D eigenvalue weighted by atomic mass is 16.6.